The lowest BCUT2D eigenvalue weighted by Crippen LogP contribution is -2.63. The Morgan fingerprint density at radius 2 is 2.08 bits per heavy atom. The molecule has 132 valence electrons. The first-order valence-electron chi connectivity index (χ1n) is 8.78. The quantitative estimate of drug-likeness (QED) is 0.844. The molecule has 1 atom stereocenters. The molecule has 1 spiro atoms. The van der Waals surface area contributed by atoms with Gasteiger partial charge in [-0.1, -0.05) is 30.3 Å². The molecule has 25 heavy (non-hydrogen) atoms. The van der Waals surface area contributed by atoms with Crippen molar-refractivity contribution in [3.8, 4) is 0 Å². The average Bonchev–Trinajstić information content (AvgIpc) is 3.20. The number of thiophene rings is 1. The van der Waals surface area contributed by atoms with Crippen LogP contribution in [0.3, 0.4) is 0 Å². The van der Waals surface area contributed by atoms with Crippen LogP contribution in [-0.4, -0.2) is 54.1 Å². The minimum atomic E-state index is -0.129. The third kappa shape index (κ3) is 3.24. The van der Waals surface area contributed by atoms with Gasteiger partial charge in [-0.3, -0.25) is 9.69 Å². The van der Waals surface area contributed by atoms with E-state index in [1.54, 1.807) is 0 Å². The van der Waals surface area contributed by atoms with Crippen molar-refractivity contribution in [1.82, 2.24) is 9.80 Å². The van der Waals surface area contributed by atoms with Gasteiger partial charge in [0.1, 0.15) is 5.60 Å². The van der Waals surface area contributed by atoms with E-state index >= 15 is 0 Å². The van der Waals surface area contributed by atoms with Crippen LogP contribution in [0.25, 0.3) is 0 Å². The standard InChI is InChI=1S/C20H24N2O2S/c1-15-8-9-25-18(15)19(23)22-13-20(14-22)10-17(12-24-20)21(2)11-16-6-4-3-5-7-16/h3-9,17H,10-14H2,1-2H3. The second-order valence-electron chi connectivity index (χ2n) is 7.35. The molecular formula is C20H24N2O2S. The summed E-state index contributed by atoms with van der Waals surface area (Å²) < 4.78 is 6.14. The molecule has 2 saturated heterocycles. The molecule has 0 radical (unpaired) electrons. The normalized spacial score (nSPS) is 21.7. The lowest BCUT2D eigenvalue weighted by Gasteiger charge is -2.47. The monoisotopic (exact) mass is 356 g/mol. The van der Waals surface area contributed by atoms with Gasteiger partial charge in [0.15, 0.2) is 0 Å². The molecule has 1 aromatic carbocycles. The molecule has 1 unspecified atom stereocenters. The van der Waals surface area contributed by atoms with Crippen molar-refractivity contribution >= 4 is 17.2 Å². The van der Waals surface area contributed by atoms with E-state index in [1.807, 2.05) is 29.3 Å². The second-order valence-corrected chi connectivity index (χ2v) is 8.26. The highest BCUT2D eigenvalue weighted by molar-refractivity contribution is 7.12. The summed E-state index contributed by atoms with van der Waals surface area (Å²) >= 11 is 1.53. The number of likely N-dealkylation sites (N-methyl/N-ethyl adjacent to an activating group) is 1. The topological polar surface area (TPSA) is 32.8 Å². The molecule has 2 aliphatic rings. The number of nitrogens with zero attached hydrogens (tertiary/aromatic N) is 2. The number of hydrogen-bond donors (Lipinski definition) is 0. The highest BCUT2D eigenvalue weighted by atomic mass is 32.1. The molecular weight excluding hydrogens is 332 g/mol. The Labute approximate surface area is 153 Å². The third-order valence-electron chi connectivity index (χ3n) is 5.39. The fourth-order valence-electron chi connectivity index (χ4n) is 3.85. The van der Waals surface area contributed by atoms with Crippen LogP contribution >= 0.6 is 11.3 Å². The molecule has 2 aromatic rings. The summed E-state index contributed by atoms with van der Waals surface area (Å²) in [6.07, 6.45) is 1.00. The van der Waals surface area contributed by atoms with Gasteiger partial charge in [0.05, 0.1) is 24.6 Å². The first kappa shape index (κ1) is 16.8. The maximum Gasteiger partial charge on any atom is 0.264 e. The van der Waals surface area contributed by atoms with Gasteiger partial charge in [-0.05, 0) is 43.0 Å². The highest BCUT2D eigenvalue weighted by Gasteiger charge is 2.52. The Morgan fingerprint density at radius 1 is 1.32 bits per heavy atom. The van der Waals surface area contributed by atoms with Crippen LogP contribution in [0.4, 0.5) is 0 Å². The van der Waals surface area contributed by atoms with E-state index in [4.69, 9.17) is 4.74 Å². The third-order valence-corrected chi connectivity index (χ3v) is 6.39. The number of hydrogen-bond acceptors (Lipinski definition) is 4. The van der Waals surface area contributed by atoms with Crippen LogP contribution in [0.5, 0.6) is 0 Å². The maximum atomic E-state index is 12.6. The summed E-state index contributed by atoms with van der Waals surface area (Å²) in [6.45, 7) is 5.13. The molecule has 3 heterocycles. The number of benzene rings is 1. The van der Waals surface area contributed by atoms with E-state index in [-0.39, 0.29) is 11.5 Å². The van der Waals surface area contributed by atoms with Crippen molar-refractivity contribution in [2.45, 2.75) is 31.5 Å². The summed E-state index contributed by atoms with van der Waals surface area (Å²) in [5.74, 6) is 0.155. The van der Waals surface area contributed by atoms with Gasteiger partial charge in [0.25, 0.3) is 5.91 Å². The van der Waals surface area contributed by atoms with Crippen molar-refractivity contribution in [1.29, 1.82) is 0 Å². The van der Waals surface area contributed by atoms with E-state index in [2.05, 4.69) is 36.2 Å². The van der Waals surface area contributed by atoms with Gasteiger partial charge >= 0.3 is 0 Å². The zero-order chi connectivity index (χ0) is 17.4. The summed E-state index contributed by atoms with van der Waals surface area (Å²) in [4.78, 5) is 17.7. The van der Waals surface area contributed by atoms with Crippen molar-refractivity contribution in [3.63, 3.8) is 0 Å². The Hall–Kier alpha value is -1.69. The molecule has 1 amide bonds. The van der Waals surface area contributed by atoms with Crippen molar-refractivity contribution in [3.05, 3.63) is 57.8 Å². The zero-order valence-electron chi connectivity index (χ0n) is 14.8. The van der Waals surface area contributed by atoms with Crippen molar-refractivity contribution in [2.75, 3.05) is 26.7 Å². The van der Waals surface area contributed by atoms with Gasteiger partial charge in [0, 0.05) is 12.6 Å². The largest absolute Gasteiger partial charge is 0.370 e. The second kappa shape index (κ2) is 6.56. The van der Waals surface area contributed by atoms with E-state index < -0.39 is 0 Å². The van der Waals surface area contributed by atoms with Crippen LogP contribution in [0.1, 0.15) is 27.2 Å². The predicted octanol–water partition coefficient (Wildman–Crippen LogP) is 3.17. The summed E-state index contributed by atoms with van der Waals surface area (Å²) in [5.41, 5.74) is 2.27. The number of aryl methyl sites for hydroxylation is 1. The van der Waals surface area contributed by atoms with Gasteiger partial charge in [0.2, 0.25) is 0 Å². The summed E-state index contributed by atoms with van der Waals surface area (Å²) in [6, 6.07) is 13.0. The molecule has 1 aromatic heterocycles. The number of ether oxygens (including phenoxy) is 1. The van der Waals surface area contributed by atoms with E-state index in [0.29, 0.717) is 6.04 Å². The van der Waals surface area contributed by atoms with E-state index in [1.165, 1.54) is 16.9 Å². The molecule has 4 nitrogen and oxygen atoms in total. The highest BCUT2D eigenvalue weighted by Crippen LogP contribution is 2.38. The smallest absolute Gasteiger partial charge is 0.264 e. The van der Waals surface area contributed by atoms with Crippen molar-refractivity contribution < 1.29 is 9.53 Å². The first-order chi connectivity index (χ1) is 12.1. The van der Waals surface area contributed by atoms with Crippen LogP contribution in [0.15, 0.2) is 41.8 Å². The van der Waals surface area contributed by atoms with Gasteiger partial charge in [-0.25, -0.2) is 0 Å². The van der Waals surface area contributed by atoms with Gasteiger partial charge in [-0.15, -0.1) is 11.3 Å². The Kier molecular flexibility index (Phi) is 4.40. The summed E-state index contributed by atoms with van der Waals surface area (Å²) in [5, 5.41) is 1.98. The molecule has 0 aliphatic carbocycles. The first-order valence-corrected chi connectivity index (χ1v) is 9.66. The zero-order valence-corrected chi connectivity index (χ0v) is 15.6. The molecule has 2 fully saturated rings. The molecule has 5 heteroatoms. The number of amides is 1. The lowest BCUT2D eigenvalue weighted by molar-refractivity contribution is -0.0949. The van der Waals surface area contributed by atoms with E-state index in [0.717, 1.165) is 43.1 Å². The fourth-order valence-corrected chi connectivity index (χ4v) is 4.74. The Bertz CT molecular complexity index is 752. The van der Waals surface area contributed by atoms with E-state index in [9.17, 15) is 4.79 Å². The lowest BCUT2D eigenvalue weighted by atomic mass is 9.88. The number of likely N-dealkylation sites (tertiary alicyclic amines) is 1. The number of carbonyl (C=O) groups excluding carboxylic acids is 1. The van der Waals surface area contributed by atoms with Crippen LogP contribution in [0, 0.1) is 6.92 Å². The summed E-state index contributed by atoms with van der Waals surface area (Å²) in [7, 11) is 2.16. The molecule has 2 aliphatic heterocycles. The van der Waals surface area contributed by atoms with Gasteiger partial charge < -0.3 is 9.64 Å². The molecule has 0 saturated carbocycles. The minimum Gasteiger partial charge on any atom is -0.370 e. The van der Waals surface area contributed by atoms with Crippen LogP contribution < -0.4 is 0 Å². The molecule has 4 rings (SSSR count). The predicted molar refractivity (Wildman–Crippen MR) is 100.0 cm³/mol. The van der Waals surface area contributed by atoms with Crippen molar-refractivity contribution in [2.24, 2.45) is 0 Å². The molecule has 0 N–H and O–H groups in total. The number of rotatable bonds is 4. The molecule has 0 bridgehead atoms. The Balaban J connectivity index is 1.33. The minimum absolute atomic E-state index is 0.129. The van der Waals surface area contributed by atoms with Gasteiger partial charge in [-0.2, -0.15) is 0 Å². The number of carbonyl (C=O) groups is 1. The average molecular weight is 356 g/mol. The fraction of sp³-hybridized carbons (Fsp3) is 0.450. The Morgan fingerprint density at radius 3 is 2.76 bits per heavy atom. The maximum absolute atomic E-state index is 12.6. The van der Waals surface area contributed by atoms with Crippen LogP contribution in [-0.2, 0) is 11.3 Å². The van der Waals surface area contributed by atoms with Crippen LogP contribution in [0.2, 0.25) is 0 Å². The SMILES string of the molecule is Cc1ccsc1C(=O)N1CC2(CC(N(C)Cc3ccccc3)CO2)C1.